The molecule has 1 atom stereocenters. The van der Waals surface area contributed by atoms with E-state index in [1.54, 1.807) is 0 Å². The van der Waals surface area contributed by atoms with Crippen LogP contribution >= 0.6 is 0 Å². The number of hydrogen-bond acceptors (Lipinski definition) is 5. The fraction of sp³-hybridized carbons (Fsp3) is 0.500. The van der Waals surface area contributed by atoms with Crippen molar-refractivity contribution in [2.75, 3.05) is 19.6 Å². The van der Waals surface area contributed by atoms with E-state index in [0.717, 1.165) is 4.90 Å². The monoisotopic (exact) mass is 337 g/mol. The lowest BCUT2D eigenvalue weighted by atomic mass is 10.3. The second kappa shape index (κ2) is 7.70. The molecule has 0 saturated carbocycles. The van der Waals surface area contributed by atoms with Crippen molar-refractivity contribution in [2.24, 2.45) is 10.1 Å². The van der Waals surface area contributed by atoms with Crippen LogP contribution in [0.3, 0.4) is 0 Å². The molecule has 23 heavy (non-hydrogen) atoms. The summed E-state index contributed by atoms with van der Waals surface area (Å²) in [6.07, 6.45) is -5.79. The van der Waals surface area contributed by atoms with Gasteiger partial charge in [-0.25, -0.2) is 9.38 Å². The molecule has 1 aliphatic heterocycles. The molecular weight excluding hydrogens is 322 g/mol. The van der Waals surface area contributed by atoms with Crippen LogP contribution in [0.25, 0.3) is 0 Å². The standard InChI is InChI=1S/C12H15F4N5O2/c1-8(19-17-2)18-7-21(11(23)12(14,15)16)6-10(22)20-4-3-9(13)5-20/h7,9,19H,1-6H2. The van der Waals surface area contributed by atoms with Gasteiger partial charge in [0.2, 0.25) is 5.91 Å². The molecule has 11 heteroatoms. The quantitative estimate of drug-likeness (QED) is 0.335. The van der Waals surface area contributed by atoms with Crippen molar-refractivity contribution >= 4 is 24.9 Å². The van der Waals surface area contributed by atoms with Crippen LogP contribution in [0.5, 0.6) is 0 Å². The van der Waals surface area contributed by atoms with Crippen LogP contribution < -0.4 is 5.43 Å². The maximum atomic E-state index is 13.0. The van der Waals surface area contributed by atoms with E-state index in [1.807, 2.05) is 0 Å². The van der Waals surface area contributed by atoms with Gasteiger partial charge in [-0.05, 0) is 6.42 Å². The van der Waals surface area contributed by atoms with Gasteiger partial charge in [-0.2, -0.15) is 18.3 Å². The molecule has 0 aliphatic carbocycles. The molecule has 1 unspecified atom stereocenters. The second-order valence-electron chi connectivity index (χ2n) is 4.62. The number of hydrogen-bond donors (Lipinski definition) is 1. The number of nitrogens with zero attached hydrogens (tertiary/aromatic N) is 4. The predicted octanol–water partition coefficient (Wildman–Crippen LogP) is 0.652. The van der Waals surface area contributed by atoms with E-state index in [4.69, 9.17) is 0 Å². The summed E-state index contributed by atoms with van der Waals surface area (Å²) in [4.78, 5) is 27.8. The largest absolute Gasteiger partial charge is 0.471 e. The minimum Gasteiger partial charge on any atom is -0.338 e. The van der Waals surface area contributed by atoms with E-state index in [9.17, 15) is 27.2 Å². The minimum absolute atomic E-state index is 0.0832. The average Bonchev–Trinajstić information content (AvgIpc) is 2.88. The molecule has 1 rings (SSSR count). The van der Waals surface area contributed by atoms with Crippen molar-refractivity contribution in [2.45, 2.75) is 18.8 Å². The van der Waals surface area contributed by atoms with Gasteiger partial charge in [0.05, 0.1) is 6.54 Å². The number of aliphatic imine (C=N–C) groups is 1. The van der Waals surface area contributed by atoms with Crippen molar-refractivity contribution < 1.29 is 27.2 Å². The number of alkyl halides is 4. The van der Waals surface area contributed by atoms with Crippen molar-refractivity contribution in [3.63, 3.8) is 0 Å². The van der Waals surface area contributed by atoms with Gasteiger partial charge >= 0.3 is 12.1 Å². The summed E-state index contributed by atoms with van der Waals surface area (Å²) in [6, 6.07) is 0. The van der Waals surface area contributed by atoms with Crippen LogP contribution in [0.4, 0.5) is 17.6 Å². The fourth-order valence-electron chi connectivity index (χ4n) is 1.78. The summed E-state index contributed by atoms with van der Waals surface area (Å²) in [6.45, 7) is 5.31. The summed E-state index contributed by atoms with van der Waals surface area (Å²) in [5.74, 6) is -3.27. The Balaban J connectivity index is 2.82. The highest BCUT2D eigenvalue weighted by Crippen LogP contribution is 2.19. The van der Waals surface area contributed by atoms with Crippen LogP contribution in [0, 0.1) is 0 Å². The van der Waals surface area contributed by atoms with E-state index in [0.29, 0.717) is 6.34 Å². The normalized spacial score (nSPS) is 18.1. The zero-order valence-electron chi connectivity index (χ0n) is 12.0. The molecule has 0 aromatic rings. The maximum absolute atomic E-state index is 13.0. The Morgan fingerprint density at radius 2 is 2.09 bits per heavy atom. The molecule has 0 bridgehead atoms. The lowest BCUT2D eigenvalue weighted by molar-refractivity contribution is -0.181. The number of carbonyl (C=O) groups excluding carboxylic acids is 2. The van der Waals surface area contributed by atoms with Crippen LogP contribution in [0.2, 0.25) is 0 Å². The molecule has 0 spiro atoms. The van der Waals surface area contributed by atoms with Crippen LogP contribution in [0.1, 0.15) is 6.42 Å². The van der Waals surface area contributed by atoms with E-state index in [2.05, 4.69) is 28.8 Å². The van der Waals surface area contributed by atoms with E-state index >= 15 is 0 Å². The number of likely N-dealkylation sites (tertiary alicyclic amines) is 1. The van der Waals surface area contributed by atoms with Crippen molar-refractivity contribution in [3.05, 3.63) is 12.4 Å². The topological polar surface area (TPSA) is 77.4 Å². The smallest absolute Gasteiger partial charge is 0.338 e. The first-order chi connectivity index (χ1) is 10.6. The van der Waals surface area contributed by atoms with Crippen molar-refractivity contribution in [1.29, 1.82) is 0 Å². The molecule has 2 amide bonds. The van der Waals surface area contributed by atoms with Crippen molar-refractivity contribution in [1.82, 2.24) is 15.2 Å². The summed E-state index contributed by atoms with van der Waals surface area (Å²) >= 11 is 0. The first-order valence-corrected chi connectivity index (χ1v) is 6.39. The molecule has 0 aromatic carbocycles. The van der Waals surface area contributed by atoms with Crippen LogP contribution in [-0.4, -0.2) is 66.7 Å². The Kier molecular flexibility index (Phi) is 6.22. The molecular formula is C12H15F4N5O2. The number of halogens is 4. The van der Waals surface area contributed by atoms with E-state index in [1.165, 1.54) is 0 Å². The van der Waals surface area contributed by atoms with Crippen LogP contribution in [0.15, 0.2) is 22.5 Å². The lowest BCUT2D eigenvalue weighted by Gasteiger charge is -2.22. The van der Waals surface area contributed by atoms with Crippen molar-refractivity contribution in [3.8, 4) is 0 Å². The number of nitrogens with one attached hydrogen (secondary N) is 1. The van der Waals surface area contributed by atoms with Gasteiger partial charge in [-0.1, -0.05) is 6.58 Å². The Labute approximate surface area is 129 Å². The zero-order valence-corrected chi connectivity index (χ0v) is 12.0. The highest BCUT2D eigenvalue weighted by atomic mass is 19.4. The maximum Gasteiger partial charge on any atom is 0.471 e. The lowest BCUT2D eigenvalue weighted by Crippen LogP contribution is -2.46. The van der Waals surface area contributed by atoms with Gasteiger partial charge in [0.15, 0.2) is 0 Å². The molecule has 0 radical (unpaired) electrons. The third-order valence-electron chi connectivity index (χ3n) is 2.85. The molecule has 1 fully saturated rings. The fourth-order valence-corrected chi connectivity index (χ4v) is 1.78. The SMILES string of the molecule is C=NNC(=C)N=CN(CC(=O)N1CCC(F)C1)C(=O)C(F)(F)F. The number of rotatable bonds is 6. The second-order valence-corrected chi connectivity index (χ2v) is 4.62. The molecule has 1 N–H and O–H groups in total. The summed E-state index contributed by atoms with van der Waals surface area (Å²) < 4.78 is 50.7. The summed E-state index contributed by atoms with van der Waals surface area (Å²) in [5.41, 5.74) is 2.15. The highest BCUT2D eigenvalue weighted by Gasteiger charge is 2.43. The number of hydrazone groups is 1. The van der Waals surface area contributed by atoms with Gasteiger partial charge in [0.1, 0.15) is 24.9 Å². The van der Waals surface area contributed by atoms with E-state index < -0.39 is 30.7 Å². The number of amides is 2. The molecule has 1 heterocycles. The predicted molar refractivity (Wildman–Crippen MR) is 74.2 cm³/mol. The van der Waals surface area contributed by atoms with Gasteiger partial charge in [0, 0.05) is 13.3 Å². The number of carbonyl (C=O) groups is 2. The average molecular weight is 337 g/mol. The Morgan fingerprint density at radius 3 is 2.57 bits per heavy atom. The molecule has 1 saturated heterocycles. The van der Waals surface area contributed by atoms with Gasteiger partial charge in [-0.3, -0.25) is 19.9 Å². The Morgan fingerprint density at radius 1 is 1.43 bits per heavy atom. The molecule has 7 nitrogen and oxygen atoms in total. The van der Waals surface area contributed by atoms with Gasteiger partial charge in [-0.15, -0.1) is 0 Å². The third kappa shape index (κ3) is 5.68. The summed E-state index contributed by atoms with van der Waals surface area (Å²) in [5, 5.41) is 3.18. The van der Waals surface area contributed by atoms with Crippen LogP contribution in [-0.2, 0) is 9.59 Å². The molecule has 128 valence electrons. The summed E-state index contributed by atoms with van der Waals surface area (Å²) in [7, 11) is 0. The molecule has 1 aliphatic rings. The zero-order chi connectivity index (χ0) is 17.6. The first kappa shape index (κ1) is 18.6. The third-order valence-corrected chi connectivity index (χ3v) is 2.85. The Bertz CT molecular complexity index is 520. The van der Waals surface area contributed by atoms with Gasteiger partial charge in [0.25, 0.3) is 0 Å². The first-order valence-electron chi connectivity index (χ1n) is 6.39. The van der Waals surface area contributed by atoms with Gasteiger partial charge < -0.3 is 4.90 Å². The Hall–Kier alpha value is -2.46. The van der Waals surface area contributed by atoms with E-state index in [-0.39, 0.29) is 30.2 Å². The minimum atomic E-state index is -5.19. The molecule has 0 aromatic heterocycles. The highest BCUT2D eigenvalue weighted by molar-refractivity contribution is 5.95.